The molecule has 2 rings (SSSR count). The number of carbonyl (C=O) groups excluding carboxylic acids is 1. The lowest BCUT2D eigenvalue weighted by molar-refractivity contribution is -0.131. The van der Waals surface area contributed by atoms with Crippen molar-refractivity contribution in [3.8, 4) is 0 Å². The van der Waals surface area contributed by atoms with Crippen LogP contribution < -0.4 is 5.32 Å². The summed E-state index contributed by atoms with van der Waals surface area (Å²) < 4.78 is 12.9. The van der Waals surface area contributed by atoms with E-state index >= 15 is 0 Å². The van der Waals surface area contributed by atoms with Crippen molar-refractivity contribution in [1.29, 1.82) is 0 Å². The Hall–Kier alpha value is -1.42. The lowest BCUT2D eigenvalue weighted by atomic mass is 10.1. The first kappa shape index (κ1) is 11.1. The van der Waals surface area contributed by atoms with Gasteiger partial charge in [-0.05, 0) is 24.1 Å². The molecule has 16 heavy (non-hydrogen) atoms. The Morgan fingerprint density at radius 3 is 3.06 bits per heavy atom. The van der Waals surface area contributed by atoms with E-state index in [1.165, 1.54) is 12.1 Å². The van der Waals surface area contributed by atoms with Crippen LogP contribution in [0.2, 0.25) is 0 Å². The summed E-state index contributed by atoms with van der Waals surface area (Å²) in [6.45, 7) is 2.68. The fourth-order valence-corrected chi connectivity index (χ4v) is 1.84. The zero-order valence-corrected chi connectivity index (χ0v) is 9.08. The van der Waals surface area contributed by atoms with Gasteiger partial charge in [-0.15, -0.1) is 0 Å². The monoisotopic (exact) mass is 222 g/mol. The second-order valence-electron chi connectivity index (χ2n) is 3.94. The normalized spacial score (nSPS) is 16.6. The molecule has 0 spiro atoms. The highest BCUT2D eigenvalue weighted by atomic mass is 19.1. The van der Waals surface area contributed by atoms with E-state index in [9.17, 15) is 9.18 Å². The molecule has 1 heterocycles. The molecule has 1 N–H and O–H groups in total. The Balaban J connectivity index is 1.89. The van der Waals surface area contributed by atoms with E-state index in [-0.39, 0.29) is 11.7 Å². The molecule has 1 amide bonds. The van der Waals surface area contributed by atoms with Crippen molar-refractivity contribution in [2.24, 2.45) is 0 Å². The van der Waals surface area contributed by atoms with Gasteiger partial charge >= 0.3 is 0 Å². The number of piperazine rings is 1. The van der Waals surface area contributed by atoms with E-state index in [1.807, 2.05) is 11.0 Å². The largest absolute Gasteiger partial charge is 0.340 e. The van der Waals surface area contributed by atoms with Gasteiger partial charge in [-0.3, -0.25) is 4.79 Å². The maximum absolute atomic E-state index is 12.9. The second-order valence-corrected chi connectivity index (χ2v) is 3.94. The summed E-state index contributed by atoms with van der Waals surface area (Å²) in [7, 11) is 0. The molecule has 4 heteroatoms. The molecular weight excluding hydrogens is 207 g/mol. The predicted octanol–water partition coefficient (Wildman–Crippen LogP) is 0.800. The topological polar surface area (TPSA) is 32.3 Å². The molecule has 0 atom stereocenters. The molecule has 0 bridgehead atoms. The van der Waals surface area contributed by atoms with E-state index in [0.29, 0.717) is 19.5 Å². The number of nitrogens with one attached hydrogen (secondary N) is 1. The molecule has 0 saturated carbocycles. The van der Waals surface area contributed by atoms with Crippen LogP contribution in [0.5, 0.6) is 0 Å². The zero-order valence-electron chi connectivity index (χ0n) is 9.08. The minimum atomic E-state index is -0.218. The van der Waals surface area contributed by atoms with Crippen molar-refractivity contribution in [1.82, 2.24) is 10.2 Å². The van der Waals surface area contributed by atoms with Crippen LogP contribution in [0.25, 0.3) is 0 Å². The van der Waals surface area contributed by atoms with Gasteiger partial charge in [-0.1, -0.05) is 12.1 Å². The van der Waals surface area contributed by atoms with Crippen LogP contribution in [0.1, 0.15) is 5.56 Å². The standard InChI is InChI=1S/C12H15FN2O/c13-11-3-1-2-10(8-11)4-6-15-7-5-14-9-12(15)16/h1-3,8,14H,4-7,9H2. The second kappa shape index (κ2) is 5.07. The third-order valence-electron chi connectivity index (χ3n) is 2.75. The lowest BCUT2D eigenvalue weighted by Crippen LogP contribution is -2.48. The van der Waals surface area contributed by atoms with E-state index < -0.39 is 0 Å². The third-order valence-corrected chi connectivity index (χ3v) is 2.75. The Kier molecular flexibility index (Phi) is 3.51. The first-order chi connectivity index (χ1) is 7.75. The number of benzene rings is 1. The summed E-state index contributed by atoms with van der Waals surface area (Å²) in [5.41, 5.74) is 0.936. The number of amides is 1. The number of hydrogen-bond acceptors (Lipinski definition) is 2. The average molecular weight is 222 g/mol. The Bertz CT molecular complexity index is 381. The van der Waals surface area contributed by atoms with Crippen LogP contribution in [-0.2, 0) is 11.2 Å². The summed E-state index contributed by atoms with van der Waals surface area (Å²) >= 11 is 0. The van der Waals surface area contributed by atoms with Gasteiger partial charge in [0, 0.05) is 19.6 Å². The van der Waals surface area contributed by atoms with E-state index in [4.69, 9.17) is 0 Å². The number of carbonyl (C=O) groups is 1. The SMILES string of the molecule is O=C1CNCCN1CCc1cccc(F)c1. The van der Waals surface area contributed by atoms with E-state index in [0.717, 1.165) is 18.7 Å². The number of halogens is 1. The van der Waals surface area contributed by atoms with Crippen LogP contribution >= 0.6 is 0 Å². The van der Waals surface area contributed by atoms with Crippen molar-refractivity contribution in [3.63, 3.8) is 0 Å². The molecule has 1 fully saturated rings. The summed E-state index contributed by atoms with van der Waals surface area (Å²) in [6.07, 6.45) is 0.712. The van der Waals surface area contributed by atoms with Gasteiger partial charge < -0.3 is 10.2 Å². The van der Waals surface area contributed by atoms with Crippen LogP contribution in [0.3, 0.4) is 0 Å². The van der Waals surface area contributed by atoms with Gasteiger partial charge in [0.15, 0.2) is 0 Å². The highest BCUT2D eigenvalue weighted by molar-refractivity contribution is 5.78. The molecule has 1 aromatic rings. The van der Waals surface area contributed by atoms with Gasteiger partial charge in [-0.25, -0.2) is 4.39 Å². The molecule has 1 aromatic carbocycles. The maximum Gasteiger partial charge on any atom is 0.236 e. The number of rotatable bonds is 3. The van der Waals surface area contributed by atoms with Crippen molar-refractivity contribution in [2.75, 3.05) is 26.2 Å². The minimum Gasteiger partial charge on any atom is -0.340 e. The fourth-order valence-electron chi connectivity index (χ4n) is 1.84. The van der Waals surface area contributed by atoms with E-state index in [2.05, 4.69) is 5.32 Å². The Labute approximate surface area is 94.3 Å². The molecule has 1 aliphatic rings. The van der Waals surface area contributed by atoms with Gasteiger partial charge in [0.1, 0.15) is 5.82 Å². The van der Waals surface area contributed by atoms with Gasteiger partial charge in [-0.2, -0.15) is 0 Å². The van der Waals surface area contributed by atoms with Gasteiger partial charge in [0.25, 0.3) is 0 Å². The van der Waals surface area contributed by atoms with Crippen molar-refractivity contribution in [2.45, 2.75) is 6.42 Å². The first-order valence-electron chi connectivity index (χ1n) is 5.48. The summed E-state index contributed by atoms with van der Waals surface area (Å²) in [5.74, 6) is -0.0909. The average Bonchev–Trinajstić information content (AvgIpc) is 2.28. The summed E-state index contributed by atoms with van der Waals surface area (Å²) in [6, 6.07) is 6.53. The molecule has 0 radical (unpaired) electrons. The quantitative estimate of drug-likeness (QED) is 0.820. The van der Waals surface area contributed by atoms with Crippen LogP contribution in [0.4, 0.5) is 4.39 Å². The van der Waals surface area contributed by atoms with Crippen LogP contribution in [0.15, 0.2) is 24.3 Å². The molecule has 3 nitrogen and oxygen atoms in total. The molecular formula is C12H15FN2O. The smallest absolute Gasteiger partial charge is 0.236 e. The first-order valence-corrected chi connectivity index (χ1v) is 5.48. The Morgan fingerprint density at radius 1 is 1.44 bits per heavy atom. The molecule has 1 saturated heterocycles. The van der Waals surface area contributed by atoms with Crippen molar-refractivity contribution >= 4 is 5.91 Å². The summed E-state index contributed by atoms with van der Waals surface area (Å²) in [5, 5.41) is 3.02. The lowest BCUT2D eigenvalue weighted by Gasteiger charge is -2.27. The van der Waals surface area contributed by atoms with Crippen molar-refractivity contribution < 1.29 is 9.18 Å². The minimum absolute atomic E-state index is 0.127. The van der Waals surface area contributed by atoms with E-state index in [1.54, 1.807) is 6.07 Å². The number of nitrogens with zero attached hydrogens (tertiary/aromatic N) is 1. The Morgan fingerprint density at radius 2 is 2.31 bits per heavy atom. The van der Waals surface area contributed by atoms with Gasteiger partial charge in [0.05, 0.1) is 6.54 Å². The third kappa shape index (κ3) is 2.79. The molecule has 0 aromatic heterocycles. The molecule has 0 aliphatic carbocycles. The molecule has 0 unspecified atom stereocenters. The molecule has 86 valence electrons. The highest BCUT2D eigenvalue weighted by Crippen LogP contribution is 2.06. The van der Waals surface area contributed by atoms with Gasteiger partial charge in [0.2, 0.25) is 5.91 Å². The number of hydrogen-bond donors (Lipinski definition) is 1. The predicted molar refractivity (Wildman–Crippen MR) is 59.6 cm³/mol. The summed E-state index contributed by atoms with van der Waals surface area (Å²) in [4.78, 5) is 13.3. The maximum atomic E-state index is 12.9. The fraction of sp³-hybridized carbons (Fsp3) is 0.417. The molecule has 1 aliphatic heterocycles. The van der Waals surface area contributed by atoms with Crippen LogP contribution in [0, 0.1) is 5.82 Å². The zero-order chi connectivity index (χ0) is 11.4. The van der Waals surface area contributed by atoms with Crippen molar-refractivity contribution in [3.05, 3.63) is 35.6 Å². The van der Waals surface area contributed by atoms with Crippen LogP contribution in [-0.4, -0.2) is 37.0 Å². The highest BCUT2D eigenvalue weighted by Gasteiger charge is 2.16.